The number of aliphatic hydroxyl groups excluding tert-OH is 1. The Bertz CT molecular complexity index is 973. The third-order valence-electron chi connectivity index (χ3n) is 7.16. The molecule has 0 radical (unpaired) electrons. The molecule has 4 rings (SSSR count). The summed E-state index contributed by atoms with van der Waals surface area (Å²) in [7, 11) is 0. The number of thioether (sulfide) groups is 1. The first-order valence-corrected chi connectivity index (χ1v) is 12.0. The number of hydrogen-bond acceptors (Lipinski definition) is 5. The molecule has 32 heavy (non-hydrogen) atoms. The molecule has 3 aliphatic heterocycles. The van der Waals surface area contributed by atoms with E-state index in [1.54, 1.807) is 37.3 Å². The van der Waals surface area contributed by atoms with Gasteiger partial charge in [0.15, 0.2) is 0 Å². The average molecular weight is 479 g/mol. The van der Waals surface area contributed by atoms with Gasteiger partial charge in [0.2, 0.25) is 5.91 Å². The molecular weight excluding hydrogens is 452 g/mol. The normalized spacial score (nSPS) is 33.8. The molecule has 1 aromatic rings. The van der Waals surface area contributed by atoms with E-state index >= 15 is 0 Å². The number of amides is 2. The maximum Gasteiger partial charge on any atom is 0.308 e. The van der Waals surface area contributed by atoms with Gasteiger partial charge in [-0.2, -0.15) is 0 Å². The minimum Gasteiger partial charge on any atom is -0.481 e. The second kappa shape index (κ2) is 8.39. The first-order valence-electron chi connectivity index (χ1n) is 10.7. The lowest BCUT2D eigenvalue weighted by Crippen LogP contribution is -2.59. The molecule has 3 unspecified atom stereocenters. The predicted molar refractivity (Wildman–Crippen MR) is 124 cm³/mol. The third kappa shape index (κ3) is 3.10. The van der Waals surface area contributed by atoms with Crippen molar-refractivity contribution in [3.05, 3.63) is 41.9 Å². The monoisotopic (exact) mass is 478 g/mol. The van der Waals surface area contributed by atoms with Crippen LogP contribution in [-0.2, 0) is 14.4 Å². The fraction of sp³-hybridized carbons (Fsp3) is 0.522. The summed E-state index contributed by atoms with van der Waals surface area (Å²) in [5.74, 6) is -3.39. The van der Waals surface area contributed by atoms with Crippen molar-refractivity contribution in [2.24, 2.45) is 17.8 Å². The summed E-state index contributed by atoms with van der Waals surface area (Å²) in [5, 5.41) is 20.0. The second-order valence-corrected chi connectivity index (χ2v) is 10.8. The van der Waals surface area contributed by atoms with Crippen LogP contribution in [0.1, 0.15) is 20.3 Å². The molecule has 1 spiro atoms. The second-order valence-electron chi connectivity index (χ2n) is 8.86. The number of rotatable bonds is 7. The number of hydrogen-bond donors (Lipinski definition) is 2. The zero-order chi connectivity index (χ0) is 23.4. The van der Waals surface area contributed by atoms with Crippen LogP contribution in [0.3, 0.4) is 0 Å². The maximum absolute atomic E-state index is 14.2. The molecule has 0 saturated carbocycles. The summed E-state index contributed by atoms with van der Waals surface area (Å²) in [6.07, 6.45) is 2.22. The van der Waals surface area contributed by atoms with Crippen LogP contribution in [0.5, 0.6) is 0 Å². The van der Waals surface area contributed by atoms with Gasteiger partial charge in [-0.3, -0.25) is 14.4 Å². The number of carboxylic acids is 1. The van der Waals surface area contributed by atoms with Crippen molar-refractivity contribution in [1.82, 2.24) is 4.90 Å². The molecule has 2 N–H and O–H groups in total. The summed E-state index contributed by atoms with van der Waals surface area (Å²) in [4.78, 5) is 42.9. The smallest absolute Gasteiger partial charge is 0.308 e. The number of carboxylic acid groups (broad SMARTS) is 1. The molecular formula is C23H27ClN2O5S. The lowest BCUT2D eigenvalue weighted by molar-refractivity contribution is -0.149. The number of aliphatic hydroxyl groups is 1. The molecule has 0 aromatic heterocycles. The quantitative estimate of drug-likeness (QED) is 0.585. The van der Waals surface area contributed by atoms with Crippen LogP contribution in [0.2, 0.25) is 5.02 Å². The van der Waals surface area contributed by atoms with Crippen molar-refractivity contribution < 1.29 is 24.6 Å². The molecule has 172 valence electrons. The Hall–Kier alpha value is -2.03. The number of aliphatic carboxylic acids is 1. The summed E-state index contributed by atoms with van der Waals surface area (Å²) in [5.41, 5.74) is 0.503. The van der Waals surface area contributed by atoms with Crippen LogP contribution in [0.25, 0.3) is 0 Å². The van der Waals surface area contributed by atoms with Crippen LogP contribution >= 0.6 is 23.4 Å². The lowest BCUT2D eigenvalue weighted by atomic mass is 9.66. The molecule has 1 aromatic carbocycles. The van der Waals surface area contributed by atoms with Crippen LogP contribution in [0, 0.1) is 17.8 Å². The lowest BCUT2D eigenvalue weighted by Gasteiger charge is -2.41. The van der Waals surface area contributed by atoms with Crippen molar-refractivity contribution in [3.8, 4) is 0 Å². The zero-order valence-corrected chi connectivity index (χ0v) is 19.6. The number of halogens is 1. The number of benzene rings is 1. The number of anilines is 1. The van der Waals surface area contributed by atoms with Gasteiger partial charge in [-0.25, -0.2) is 0 Å². The molecule has 7 atom stereocenters. The van der Waals surface area contributed by atoms with E-state index in [2.05, 4.69) is 6.58 Å². The highest BCUT2D eigenvalue weighted by molar-refractivity contribution is 8.02. The number of para-hydroxylation sites is 1. The molecule has 0 aliphatic carbocycles. The standard InChI is InChI=1S/C23H27ClN2O5S/c1-4-9-25(15-8-6-5-7-14(15)24)21(29)19-23-12(2)10-16(32-23)17(22(30)31)18(23)20(28)26(19)13(3)11-27/h4-8,12-13,16-19,27H,1,9-11H2,2-3H3,(H,30,31)/t12?,13-,16-,17+,18+,19?,23?/m1/s1. The Morgan fingerprint density at radius 1 is 1.44 bits per heavy atom. The maximum atomic E-state index is 14.2. The highest BCUT2D eigenvalue weighted by Crippen LogP contribution is 2.68. The molecule has 3 saturated heterocycles. The van der Waals surface area contributed by atoms with Gasteiger partial charge in [0.05, 0.1) is 39.9 Å². The minimum absolute atomic E-state index is 0.0382. The Kier molecular flexibility index (Phi) is 6.07. The van der Waals surface area contributed by atoms with Gasteiger partial charge in [-0.15, -0.1) is 18.3 Å². The van der Waals surface area contributed by atoms with E-state index in [1.807, 2.05) is 6.92 Å². The minimum atomic E-state index is -1.01. The molecule has 3 aliphatic rings. The topological polar surface area (TPSA) is 98.2 Å². The third-order valence-corrected chi connectivity index (χ3v) is 9.56. The van der Waals surface area contributed by atoms with Crippen LogP contribution in [-0.4, -0.2) is 68.1 Å². The van der Waals surface area contributed by atoms with Gasteiger partial charge in [0, 0.05) is 11.8 Å². The van der Waals surface area contributed by atoms with Crippen molar-refractivity contribution >= 4 is 46.8 Å². The Morgan fingerprint density at radius 2 is 2.12 bits per heavy atom. The van der Waals surface area contributed by atoms with Crippen molar-refractivity contribution in [2.75, 3.05) is 18.1 Å². The van der Waals surface area contributed by atoms with Gasteiger partial charge in [-0.1, -0.05) is 36.7 Å². The summed E-state index contributed by atoms with van der Waals surface area (Å²) in [6.45, 7) is 7.30. The molecule has 3 fully saturated rings. The van der Waals surface area contributed by atoms with Crippen molar-refractivity contribution in [2.45, 2.75) is 42.3 Å². The van der Waals surface area contributed by atoms with E-state index in [9.17, 15) is 24.6 Å². The first-order chi connectivity index (χ1) is 15.2. The number of nitrogens with zero attached hydrogens (tertiary/aromatic N) is 2. The van der Waals surface area contributed by atoms with E-state index < -0.39 is 34.6 Å². The Balaban J connectivity index is 1.87. The molecule has 3 heterocycles. The molecule has 2 amide bonds. The zero-order valence-electron chi connectivity index (χ0n) is 18.0. The van der Waals surface area contributed by atoms with Crippen LogP contribution < -0.4 is 4.90 Å². The van der Waals surface area contributed by atoms with E-state index in [-0.39, 0.29) is 36.1 Å². The van der Waals surface area contributed by atoms with Crippen molar-refractivity contribution in [3.63, 3.8) is 0 Å². The Morgan fingerprint density at radius 3 is 2.72 bits per heavy atom. The Labute approximate surface area is 196 Å². The van der Waals surface area contributed by atoms with Gasteiger partial charge in [0.25, 0.3) is 5.91 Å². The summed E-state index contributed by atoms with van der Waals surface area (Å²) in [6, 6.07) is 5.43. The highest BCUT2D eigenvalue weighted by atomic mass is 35.5. The largest absolute Gasteiger partial charge is 0.481 e. The average Bonchev–Trinajstić information content (AvgIpc) is 3.35. The van der Waals surface area contributed by atoms with E-state index in [0.29, 0.717) is 17.1 Å². The summed E-state index contributed by atoms with van der Waals surface area (Å²) < 4.78 is -0.869. The number of carbonyl (C=O) groups is 3. The van der Waals surface area contributed by atoms with E-state index in [1.165, 1.54) is 21.6 Å². The van der Waals surface area contributed by atoms with Gasteiger partial charge in [-0.05, 0) is 31.4 Å². The number of fused-ring (bicyclic) bond motifs is 1. The SMILES string of the molecule is C=CCN(C(=O)C1N([C@H](C)CO)C(=O)[C@@H]2[C@@H](C(=O)O)[C@H]3CC(C)C12S3)c1ccccc1Cl. The highest BCUT2D eigenvalue weighted by Gasteiger charge is 2.76. The number of carbonyl (C=O) groups excluding carboxylic acids is 2. The van der Waals surface area contributed by atoms with Gasteiger partial charge in [0.1, 0.15) is 6.04 Å². The van der Waals surface area contributed by atoms with E-state index in [4.69, 9.17) is 11.6 Å². The first kappa shape index (κ1) is 23.1. The predicted octanol–water partition coefficient (Wildman–Crippen LogP) is 2.66. The van der Waals surface area contributed by atoms with E-state index in [0.717, 1.165) is 0 Å². The van der Waals surface area contributed by atoms with Crippen LogP contribution in [0.4, 0.5) is 5.69 Å². The van der Waals surface area contributed by atoms with Crippen molar-refractivity contribution in [1.29, 1.82) is 0 Å². The van der Waals surface area contributed by atoms with Crippen LogP contribution in [0.15, 0.2) is 36.9 Å². The van der Waals surface area contributed by atoms with Gasteiger partial charge >= 0.3 is 5.97 Å². The molecule has 9 heteroatoms. The number of likely N-dealkylation sites (tertiary alicyclic amines) is 1. The fourth-order valence-electron chi connectivity index (χ4n) is 5.84. The fourth-order valence-corrected chi connectivity index (χ4v) is 8.47. The van der Waals surface area contributed by atoms with Gasteiger partial charge < -0.3 is 20.0 Å². The molecule has 2 bridgehead atoms. The molecule has 7 nitrogen and oxygen atoms in total. The summed E-state index contributed by atoms with van der Waals surface area (Å²) >= 11 is 7.88.